The molecule has 0 aliphatic carbocycles. The van der Waals surface area contributed by atoms with Crippen LogP contribution in [0.3, 0.4) is 0 Å². The summed E-state index contributed by atoms with van der Waals surface area (Å²) in [4.78, 5) is 10.3. The van der Waals surface area contributed by atoms with Crippen LogP contribution in [0.25, 0.3) is 0 Å². The first-order valence-corrected chi connectivity index (χ1v) is 5.75. The lowest BCUT2D eigenvalue weighted by atomic mass is 10.2. The quantitative estimate of drug-likeness (QED) is 0.619. The number of carboxylic acid groups (broad SMARTS) is 1. The molecule has 0 saturated carbocycles. The molecule has 1 atom stereocenters. The molecule has 0 fully saturated rings. The summed E-state index contributed by atoms with van der Waals surface area (Å²) >= 11 is 1.78. The summed E-state index contributed by atoms with van der Waals surface area (Å²) in [6, 6.07) is -0.688. The third kappa shape index (κ3) is 8.12. The minimum atomic E-state index is -0.899. The molecular weight excluding hydrogens is 186 g/mol. The molecule has 0 radical (unpaired) electrons. The summed E-state index contributed by atoms with van der Waals surface area (Å²) in [6.07, 6.45) is 1.76. The van der Waals surface area contributed by atoms with Crippen LogP contribution in [-0.4, -0.2) is 28.6 Å². The number of hydrogen-bond acceptors (Lipinski definition) is 3. The lowest BCUT2D eigenvalue weighted by Crippen LogP contribution is -2.30. The normalized spacial score (nSPS) is 13.2. The molecule has 0 amide bonds. The van der Waals surface area contributed by atoms with Crippen LogP contribution in [0.15, 0.2) is 0 Å². The van der Waals surface area contributed by atoms with Crippen molar-refractivity contribution < 1.29 is 9.90 Å². The van der Waals surface area contributed by atoms with E-state index in [1.165, 1.54) is 6.42 Å². The van der Waals surface area contributed by atoms with E-state index in [4.69, 9.17) is 10.8 Å². The van der Waals surface area contributed by atoms with Gasteiger partial charge in [0.05, 0.1) is 0 Å². The van der Waals surface area contributed by atoms with Crippen molar-refractivity contribution >= 4 is 17.7 Å². The summed E-state index contributed by atoms with van der Waals surface area (Å²) in [7, 11) is 0. The number of hydrogen-bond donors (Lipinski definition) is 2. The Bertz CT molecular complexity index is 151. The average molecular weight is 205 g/mol. The maximum Gasteiger partial charge on any atom is 0.320 e. The van der Waals surface area contributed by atoms with Gasteiger partial charge in [0.1, 0.15) is 6.04 Å². The first kappa shape index (κ1) is 12.8. The Morgan fingerprint density at radius 2 is 1.92 bits per heavy atom. The smallest absolute Gasteiger partial charge is 0.320 e. The lowest BCUT2D eigenvalue weighted by Gasteiger charge is -2.06. The molecule has 3 N–H and O–H groups in total. The van der Waals surface area contributed by atoms with Crippen molar-refractivity contribution in [2.45, 2.75) is 32.7 Å². The van der Waals surface area contributed by atoms with Crippen molar-refractivity contribution in [3.63, 3.8) is 0 Å². The molecule has 0 spiro atoms. The predicted molar refractivity (Wildman–Crippen MR) is 57.0 cm³/mol. The zero-order valence-corrected chi connectivity index (χ0v) is 9.14. The van der Waals surface area contributed by atoms with Crippen LogP contribution in [0.5, 0.6) is 0 Å². The number of thioether (sulfide) groups is 1. The van der Waals surface area contributed by atoms with E-state index in [9.17, 15) is 4.79 Å². The fourth-order valence-electron chi connectivity index (χ4n) is 0.755. The highest BCUT2D eigenvalue weighted by atomic mass is 32.2. The number of rotatable bonds is 7. The van der Waals surface area contributed by atoms with Gasteiger partial charge in [0.15, 0.2) is 0 Å². The van der Waals surface area contributed by atoms with Crippen LogP contribution >= 0.6 is 11.8 Å². The summed E-state index contributed by atoms with van der Waals surface area (Å²) < 4.78 is 0. The Morgan fingerprint density at radius 3 is 2.38 bits per heavy atom. The molecule has 0 bridgehead atoms. The number of carbonyl (C=O) groups is 1. The molecule has 0 saturated heterocycles. The van der Waals surface area contributed by atoms with E-state index in [2.05, 4.69) is 13.8 Å². The van der Waals surface area contributed by atoms with Crippen molar-refractivity contribution in [3.8, 4) is 0 Å². The monoisotopic (exact) mass is 205 g/mol. The van der Waals surface area contributed by atoms with E-state index in [0.29, 0.717) is 6.42 Å². The van der Waals surface area contributed by atoms with Gasteiger partial charge in [0, 0.05) is 0 Å². The first-order chi connectivity index (χ1) is 6.04. The molecule has 0 heterocycles. The summed E-state index contributed by atoms with van der Waals surface area (Å²) in [5, 5.41) is 8.49. The molecule has 0 aromatic rings. The molecule has 78 valence electrons. The lowest BCUT2D eigenvalue weighted by molar-refractivity contribution is -0.138. The first-order valence-electron chi connectivity index (χ1n) is 4.60. The van der Waals surface area contributed by atoms with Crippen molar-refractivity contribution in [1.29, 1.82) is 0 Å². The van der Waals surface area contributed by atoms with Crippen LogP contribution in [-0.2, 0) is 4.79 Å². The van der Waals surface area contributed by atoms with Crippen LogP contribution < -0.4 is 5.73 Å². The summed E-state index contributed by atoms with van der Waals surface area (Å²) in [5.41, 5.74) is 5.35. The van der Waals surface area contributed by atoms with Gasteiger partial charge in [-0.3, -0.25) is 4.79 Å². The van der Waals surface area contributed by atoms with Gasteiger partial charge < -0.3 is 10.8 Å². The fraction of sp³-hybridized carbons (Fsp3) is 0.889. The summed E-state index contributed by atoms with van der Waals surface area (Å²) in [5.74, 6) is 1.77. The molecule has 13 heavy (non-hydrogen) atoms. The van der Waals surface area contributed by atoms with Gasteiger partial charge in [0.2, 0.25) is 0 Å². The zero-order chi connectivity index (χ0) is 10.3. The minimum Gasteiger partial charge on any atom is -0.480 e. The molecular formula is C9H19NO2S. The Kier molecular flexibility index (Phi) is 7.09. The maximum absolute atomic E-state index is 10.3. The minimum absolute atomic E-state index is 0.568. The van der Waals surface area contributed by atoms with Gasteiger partial charge in [-0.2, -0.15) is 11.8 Å². The average Bonchev–Trinajstić information content (AvgIpc) is 2.02. The fourth-order valence-corrected chi connectivity index (χ4v) is 2.02. The van der Waals surface area contributed by atoms with E-state index in [1.807, 2.05) is 0 Å². The van der Waals surface area contributed by atoms with Crippen molar-refractivity contribution in [1.82, 2.24) is 0 Å². The Morgan fingerprint density at radius 1 is 1.38 bits per heavy atom. The second-order valence-electron chi connectivity index (χ2n) is 3.53. The Balaban J connectivity index is 3.21. The van der Waals surface area contributed by atoms with Crippen molar-refractivity contribution in [2.75, 3.05) is 11.5 Å². The molecule has 0 aliphatic rings. The maximum atomic E-state index is 10.3. The van der Waals surface area contributed by atoms with Gasteiger partial charge in [-0.05, 0) is 30.3 Å². The topological polar surface area (TPSA) is 63.3 Å². The Labute approximate surface area is 84.1 Å². The van der Waals surface area contributed by atoms with E-state index >= 15 is 0 Å². The van der Waals surface area contributed by atoms with Gasteiger partial charge in [-0.1, -0.05) is 13.8 Å². The van der Waals surface area contributed by atoms with Crippen LogP contribution in [0.2, 0.25) is 0 Å². The highest BCUT2D eigenvalue weighted by molar-refractivity contribution is 7.99. The SMILES string of the molecule is CC(C)CCSCCC(N)C(=O)O. The summed E-state index contributed by atoms with van der Waals surface area (Å²) in [6.45, 7) is 4.37. The van der Waals surface area contributed by atoms with Gasteiger partial charge >= 0.3 is 5.97 Å². The molecule has 0 aliphatic heterocycles. The molecule has 0 aromatic heterocycles. The van der Waals surface area contributed by atoms with Crippen LogP contribution in [0, 0.1) is 5.92 Å². The number of nitrogens with two attached hydrogens (primary N) is 1. The van der Waals surface area contributed by atoms with Gasteiger partial charge in [-0.15, -0.1) is 0 Å². The highest BCUT2D eigenvalue weighted by Crippen LogP contribution is 2.10. The number of aliphatic carboxylic acids is 1. The second kappa shape index (κ2) is 7.21. The van der Waals surface area contributed by atoms with E-state index in [1.54, 1.807) is 11.8 Å². The molecule has 1 unspecified atom stereocenters. The van der Waals surface area contributed by atoms with Crippen LogP contribution in [0.4, 0.5) is 0 Å². The molecule has 0 rings (SSSR count). The third-order valence-electron chi connectivity index (χ3n) is 1.73. The van der Waals surface area contributed by atoms with Gasteiger partial charge in [0.25, 0.3) is 0 Å². The Hall–Kier alpha value is -0.220. The van der Waals surface area contributed by atoms with Crippen LogP contribution in [0.1, 0.15) is 26.7 Å². The highest BCUT2D eigenvalue weighted by Gasteiger charge is 2.09. The molecule has 0 aromatic carbocycles. The second-order valence-corrected chi connectivity index (χ2v) is 4.75. The van der Waals surface area contributed by atoms with Gasteiger partial charge in [-0.25, -0.2) is 0 Å². The third-order valence-corrected chi connectivity index (χ3v) is 2.78. The number of carboxylic acids is 1. The predicted octanol–water partition coefficient (Wildman–Crippen LogP) is 1.57. The van der Waals surface area contributed by atoms with Crippen molar-refractivity contribution in [3.05, 3.63) is 0 Å². The van der Waals surface area contributed by atoms with E-state index < -0.39 is 12.0 Å². The van der Waals surface area contributed by atoms with E-state index in [-0.39, 0.29) is 0 Å². The van der Waals surface area contributed by atoms with Crippen molar-refractivity contribution in [2.24, 2.45) is 11.7 Å². The largest absolute Gasteiger partial charge is 0.480 e. The van der Waals surface area contributed by atoms with E-state index in [0.717, 1.165) is 17.4 Å². The standard InChI is InChI=1S/C9H19NO2S/c1-7(2)3-5-13-6-4-8(10)9(11)12/h7-8H,3-6,10H2,1-2H3,(H,11,12). The zero-order valence-electron chi connectivity index (χ0n) is 8.32. The molecule has 3 nitrogen and oxygen atoms in total. The molecule has 4 heteroatoms.